The molecule has 33 heavy (non-hydrogen) atoms. The molecule has 1 amide bonds. The Hall–Kier alpha value is -4.59. The molecule has 162 valence electrons. The number of nitrogens with zero attached hydrogens (tertiary/aromatic N) is 5. The van der Waals surface area contributed by atoms with Gasteiger partial charge in [-0.05, 0) is 42.0 Å². The number of hydrogen-bond acceptors (Lipinski definition) is 6. The quantitative estimate of drug-likeness (QED) is 0.316. The van der Waals surface area contributed by atoms with Gasteiger partial charge in [-0.3, -0.25) is 4.79 Å². The molecule has 0 aliphatic rings. The number of carbonyl (C=O) groups excluding carboxylic acids is 1. The zero-order valence-corrected chi connectivity index (χ0v) is 17.8. The molecule has 5 rings (SSSR count). The van der Waals surface area contributed by atoms with E-state index in [1.54, 1.807) is 19.1 Å². The summed E-state index contributed by atoms with van der Waals surface area (Å²) in [7, 11) is 0. The van der Waals surface area contributed by atoms with Crippen LogP contribution in [0.3, 0.4) is 0 Å². The number of hydrazone groups is 1. The number of para-hydroxylation sites is 1. The molecule has 1 N–H and O–H groups in total. The normalized spacial score (nSPS) is 11.6. The van der Waals surface area contributed by atoms with Crippen molar-refractivity contribution in [3.05, 3.63) is 102 Å². The molecule has 2 aromatic heterocycles. The first kappa shape index (κ1) is 20.3. The predicted octanol–water partition coefficient (Wildman–Crippen LogP) is 4.29. The molecule has 0 spiro atoms. The number of nitrogens with one attached hydrogen (secondary N) is 1. The van der Waals surface area contributed by atoms with Crippen molar-refractivity contribution in [2.45, 2.75) is 13.5 Å². The lowest BCUT2D eigenvalue weighted by molar-refractivity contribution is 0.0955. The predicted molar refractivity (Wildman–Crippen MR) is 125 cm³/mol. The van der Waals surface area contributed by atoms with Gasteiger partial charge < -0.3 is 4.42 Å². The number of furan rings is 1. The first-order valence-electron chi connectivity index (χ1n) is 10.4. The van der Waals surface area contributed by atoms with Crippen molar-refractivity contribution in [3.63, 3.8) is 0 Å². The van der Waals surface area contributed by atoms with Crippen LogP contribution in [0.25, 0.3) is 22.4 Å². The van der Waals surface area contributed by atoms with Gasteiger partial charge in [-0.15, -0.1) is 10.2 Å². The number of carbonyl (C=O) groups is 1. The van der Waals surface area contributed by atoms with E-state index in [0.717, 1.165) is 22.1 Å². The summed E-state index contributed by atoms with van der Waals surface area (Å²) in [6, 6.07) is 26.5. The van der Waals surface area contributed by atoms with E-state index in [1.165, 1.54) is 4.80 Å². The van der Waals surface area contributed by atoms with Gasteiger partial charge >= 0.3 is 0 Å². The summed E-state index contributed by atoms with van der Waals surface area (Å²) in [5.74, 6) is 0.883. The maximum atomic E-state index is 12.5. The van der Waals surface area contributed by atoms with Crippen molar-refractivity contribution in [1.82, 2.24) is 25.6 Å². The van der Waals surface area contributed by atoms with E-state index in [4.69, 9.17) is 4.42 Å². The average Bonchev–Trinajstić information content (AvgIpc) is 3.50. The molecule has 5 aromatic rings. The molecule has 8 heteroatoms. The number of rotatable bonds is 6. The topological polar surface area (TPSA) is 98.2 Å². The fourth-order valence-electron chi connectivity index (χ4n) is 3.35. The van der Waals surface area contributed by atoms with Gasteiger partial charge in [-0.2, -0.15) is 9.90 Å². The van der Waals surface area contributed by atoms with Crippen LogP contribution < -0.4 is 5.43 Å². The zero-order chi connectivity index (χ0) is 22.6. The maximum Gasteiger partial charge on any atom is 0.271 e. The second-order valence-corrected chi connectivity index (χ2v) is 7.49. The largest absolute Gasteiger partial charge is 0.455 e. The van der Waals surface area contributed by atoms with Gasteiger partial charge in [0, 0.05) is 16.5 Å². The van der Waals surface area contributed by atoms with Crippen LogP contribution >= 0.6 is 0 Å². The number of benzene rings is 3. The second kappa shape index (κ2) is 8.88. The van der Waals surface area contributed by atoms with Crippen molar-refractivity contribution >= 4 is 22.6 Å². The highest BCUT2D eigenvalue weighted by molar-refractivity contribution is 6.01. The molecule has 0 fully saturated rings. The zero-order valence-electron chi connectivity index (χ0n) is 17.8. The van der Waals surface area contributed by atoms with Crippen molar-refractivity contribution in [2.24, 2.45) is 5.10 Å². The van der Waals surface area contributed by atoms with Gasteiger partial charge in [0.2, 0.25) is 5.82 Å². The summed E-state index contributed by atoms with van der Waals surface area (Å²) in [4.78, 5) is 14.0. The Kier molecular flexibility index (Phi) is 5.47. The third-order valence-corrected chi connectivity index (χ3v) is 5.13. The fraction of sp³-hybridized carbons (Fsp3) is 0.0800. The Balaban J connectivity index is 1.22. The van der Waals surface area contributed by atoms with Gasteiger partial charge in [0.25, 0.3) is 5.91 Å². The molecule has 0 saturated carbocycles. The summed E-state index contributed by atoms with van der Waals surface area (Å²) in [5, 5.41) is 17.8. The number of tetrazole rings is 1. The van der Waals surface area contributed by atoms with Crippen LogP contribution in [-0.4, -0.2) is 31.8 Å². The Morgan fingerprint density at radius 3 is 2.55 bits per heavy atom. The molecule has 0 unspecified atom stereocenters. The summed E-state index contributed by atoms with van der Waals surface area (Å²) in [6.45, 7) is 2.24. The molecule has 0 atom stereocenters. The highest BCUT2D eigenvalue weighted by atomic mass is 16.3. The van der Waals surface area contributed by atoms with E-state index in [-0.39, 0.29) is 5.91 Å². The third kappa shape index (κ3) is 4.54. The smallest absolute Gasteiger partial charge is 0.271 e. The molecule has 0 aliphatic heterocycles. The van der Waals surface area contributed by atoms with E-state index >= 15 is 0 Å². The Labute approximate surface area is 189 Å². The second-order valence-electron chi connectivity index (χ2n) is 7.49. The number of aromatic nitrogens is 4. The lowest BCUT2D eigenvalue weighted by Crippen LogP contribution is -2.19. The molecular formula is C25H20N6O2. The molecule has 8 nitrogen and oxygen atoms in total. The first-order valence-corrected chi connectivity index (χ1v) is 10.4. The minimum atomic E-state index is -0.303. The Morgan fingerprint density at radius 2 is 1.76 bits per heavy atom. The summed E-state index contributed by atoms with van der Waals surface area (Å²) in [6.07, 6.45) is 0. The van der Waals surface area contributed by atoms with E-state index in [0.29, 0.717) is 29.4 Å². The summed E-state index contributed by atoms with van der Waals surface area (Å²) >= 11 is 0. The van der Waals surface area contributed by atoms with E-state index in [2.05, 4.69) is 25.9 Å². The Morgan fingerprint density at radius 1 is 1.00 bits per heavy atom. The lowest BCUT2D eigenvalue weighted by atomic mass is 10.1. The van der Waals surface area contributed by atoms with Crippen molar-refractivity contribution in [3.8, 4) is 11.4 Å². The minimum absolute atomic E-state index is 0.303. The molecule has 3 aromatic carbocycles. The van der Waals surface area contributed by atoms with Crippen LogP contribution in [0.5, 0.6) is 0 Å². The molecule has 0 aliphatic carbocycles. The van der Waals surface area contributed by atoms with Gasteiger partial charge in [0.1, 0.15) is 11.3 Å². The van der Waals surface area contributed by atoms with Crippen molar-refractivity contribution < 1.29 is 9.21 Å². The monoisotopic (exact) mass is 436 g/mol. The van der Waals surface area contributed by atoms with E-state index in [1.807, 2.05) is 72.8 Å². The SMILES string of the molecule is C/C(=N\NC(=O)c1ccc(Cn2nnc(-c3ccccc3)n2)cc1)c1cc2ccccc2o1. The van der Waals surface area contributed by atoms with Crippen molar-refractivity contribution in [1.29, 1.82) is 0 Å². The van der Waals surface area contributed by atoms with Gasteiger partial charge in [0.15, 0.2) is 5.76 Å². The Bertz CT molecular complexity index is 1400. The standard InChI is InChI=1S/C25H20N6O2/c1-17(23-15-21-9-5-6-10-22(21)33-23)26-28-25(32)20-13-11-18(12-14-20)16-31-29-24(27-30-31)19-7-3-2-4-8-19/h2-15H,16H2,1H3,(H,28,32)/b26-17+. The van der Waals surface area contributed by atoms with Crippen LogP contribution in [0, 0.1) is 0 Å². The number of amides is 1. The van der Waals surface area contributed by atoms with Crippen LogP contribution in [0.1, 0.15) is 28.6 Å². The molecule has 2 heterocycles. The van der Waals surface area contributed by atoms with Crippen molar-refractivity contribution in [2.75, 3.05) is 0 Å². The third-order valence-electron chi connectivity index (χ3n) is 5.13. The first-order chi connectivity index (χ1) is 16.2. The van der Waals surface area contributed by atoms with Gasteiger partial charge in [0.05, 0.1) is 6.54 Å². The van der Waals surface area contributed by atoms with Crippen LogP contribution in [0.15, 0.2) is 94.4 Å². The van der Waals surface area contributed by atoms with Gasteiger partial charge in [-0.25, -0.2) is 5.43 Å². The highest BCUT2D eigenvalue weighted by Crippen LogP contribution is 2.19. The van der Waals surface area contributed by atoms with Gasteiger partial charge in [-0.1, -0.05) is 60.7 Å². The molecule has 0 saturated heterocycles. The van der Waals surface area contributed by atoms with E-state index < -0.39 is 0 Å². The molecule has 0 bridgehead atoms. The maximum absolute atomic E-state index is 12.5. The van der Waals surface area contributed by atoms with Crippen LogP contribution in [-0.2, 0) is 6.54 Å². The van der Waals surface area contributed by atoms with Crippen LogP contribution in [0.4, 0.5) is 0 Å². The summed E-state index contributed by atoms with van der Waals surface area (Å²) < 4.78 is 5.77. The average molecular weight is 436 g/mol. The highest BCUT2D eigenvalue weighted by Gasteiger charge is 2.10. The summed E-state index contributed by atoms with van der Waals surface area (Å²) in [5.41, 5.74) is 6.30. The van der Waals surface area contributed by atoms with Crippen LogP contribution in [0.2, 0.25) is 0 Å². The molecular weight excluding hydrogens is 416 g/mol. The fourth-order valence-corrected chi connectivity index (χ4v) is 3.35. The van der Waals surface area contributed by atoms with E-state index in [9.17, 15) is 4.79 Å². The lowest BCUT2D eigenvalue weighted by Gasteiger charge is -2.03. The molecule has 0 radical (unpaired) electrons. The number of hydrogen-bond donors (Lipinski definition) is 1. The minimum Gasteiger partial charge on any atom is -0.455 e. The number of fused-ring (bicyclic) bond motifs is 1.